The van der Waals surface area contributed by atoms with Gasteiger partial charge in [0.05, 0.1) is 17.8 Å². The average Bonchev–Trinajstić information content (AvgIpc) is 2.46. The molecule has 1 saturated carbocycles. The summed E-state index contributed by atoms with van der Waals surface area (Å²) in [6.45, 7) is 2.54. The van der Waals surface area contributed by atoms with Crippen LogP contribution in [0.1, 0.15) is 51.1 Å². The third-order valence-electron chi connectivity index (χ3n) is 4.13. The lowest BCUT2D eigenvalue weighted by atomic mass is 9.72. The lowest BCUT2D eigenvalue weighted by molar-refractivity contribution is -0.140. The van der Waals surface area contributed by atoms with Crippen molar-refractivity contribution in [2.24, 2.45) is 10.4 Å². The van der Waals surface area contributed by atoms with Gasteiger partial charge in [-0.05, 0) is 31.9 Å². The minimum Gasteiger partial charge on any atom is -0.481 e. The zero-order valence-corrected chi connectivity index (χ0v) is 12.0. The van der Waals surface area contributed by atoms with Gasteiger partial charge in [-0.3, -0.25) is 14.8 Å². The Bertz CT molecular complexity index is 477. The molecule has 1 N–H and O–H groups in total. The van der Waals surface area contributed by atoms with E-state index in [1.54, 1.807) is 6.20 Å². The first kappa shape index (κ1) is 14.7. The summed E-state index contributed by atoms with van der Waals surface area (Å²) >= 11 is 0. The molecule has 4 nitrogen and oxygen atoms in total. The van der Waals surface area contributed by atoms with Crippen LogP contribution in [0.5, 0.6) is 0 Å². The second-order valence-electron chi connectivity index (χ2n) is 5.75. The molecule has 1 fully saturated rings. The zero-order chi connectivity index (χ0) is 14.4. The first-order valence-electron chi connectivity index (χ1n) is 7.26. The summed E-state index contributed by atoms with van der Waals surface area (Å²) in [6.07, 6.45) is 7.37. The van der Waals surface area contributed by atoms with Crippen molar-refractivity contribution in [1.29, 1.82) is 0 Å². The van der Waals surface area contributed by atoms with E-state index in [4.69, 9.17) is 5.11 Å². The normalized spacial score (nSPS) is 18.8. The molecule has 20 heavy (non-hydrogen) atoms. The van der Waals surface area contributed by atoms with Crippen molar-refractivity contribution in [3.05, 3.63) is 30.1 Å². The molecule has 2 rings (SSSR count). The summed E-state index contributed by atoms with van der Waals surface area (Å²) in [4.78, 5) is 20.0. The van der Waals surface area contributed by atoms with Crippen LogP contribution in [0.15, 0.2) is 29.4 Å². The summed E-state index contributed by atoms with van der Waals surface area (Å²) in [5.74, 6) is -0.711. The number of carboxylic acids is 1. The fourth-order valence-electron chi connectivity index (χ4n) is 2.96. The van der Waals surface area contributed by atoms with E-state index in [2.05, 4.69) is 9.98 Å². The van der Waals surface area contributed by atoms with Gasteiger partial charge in [0.1, 0.15) is 0 Å². The predicted octanol–water partition coefficient (Wildman–Crippen LogP) is 3.32. The monoisotopic (exact) mass is 274 g/mol. The van der Waals surface area contributed by atoms with E-state index in [0.717, 1.165) is 37.1 Å². The third-order valence-corrected chi connectivity index (χ3v) is 4.13. The van der Waals surface area contributed by atoms with Crippen LogP contribution in [0.3, 0.4) is 0 Å². The first-order valence-corrected chi connectivity index (χ1v) is 7.26. The Hall–Kier alpha value is -1.71. The van der Waals surface area contributed by atoms with E-state index >= 15 is 0 Å². The highest BCUT2D eigenvalue weighted by Crippen LogP contribution is 2.39. The minimum absolute atomic E-state index is 0.153. The van der Waals surface area contributed by atoms with Crippen LogP contribution in [0.4, 0.5) is 0 Å². The molecule has 0 unspecified atom stereocenters. The van der Waals surface area contributed by atoms with Crippen LogP contribution in [0.25, 0.3) is 0 Å². The Morgan fingerprint density at radius 3 is 2.70 bits per heavy atom. The van der Waals surface area contributed by atoms with E-state index < -0.39 is 5.97 Å². The number of hydrogen-bond donors (Lipinski definition) is 1. The Morgan fingerprint density at radius 2 is 2.10 bits per heavy atom. The van der Waals surface area contributed by atoms with Crippen molar-refractivity contribution < 1.29 is 9.90 Å². The van der Waals surface area contributed by atoms with Gasteiger partial charge in [0.25, 0.3) is 0 Å². The summed E-state index contributed by atoms with van der Waals surface area (Å²) in [5.41, 5.74) is 1.61. The molecule has 0 atom stereocenters. The van der Waals surface area contributed by atoms with Gasteiger partial charge >= 0.3 is 5.97 Å². The lowest BCUT2D eigenvalue weighted by Gasteiger charge is -2.34. The Kier molecular flexibility index (Phi) is 4.88. The average molecular weight is 274 g/mol. The quantitative estimate of drug-likeness (QED) is 0.838. The molecule has 4 heteroatoms. The topological polar surface area (TPSA) is 62.5 Å². The molecule has 0 bridgehead atoms. The van der Waals surface area contributed by atoms with Crippen molar-refractivity contribution in [1.82, 2.24) is 4.98 Å². The molecule has 1 aliphatic carbocycles. The molecule has 1 heterocycles. The molecule has 1 aromatic rings. The largest absolute Gasteiger partial charge is 0.481 e. The number of pyridine rings is 1. The number of hydrogen-bond acceptors (Lipinski definition) is 3. The molecule has 1 aromatic heterocycles. The second-order valence-corrected chi connectivity index (χ2v) is 5.75. The van der Waals surface area contributed by atoms with Gasteiger partial charge in [-0.25, -0.2) is 0 Å². The van der Waals surface area contributed by atoms with Gasteiger partial charge in [0.2, 0.25) is 0 Å². The Labute approximate surface area is 120 Å². The minimum atomic E-state index is -0.711. The number of aromatic nitrogens is 1. The second kappa shape index (κ2) is 6.64. The SMILES string of the molecule is CC(=NCC1(CC(=O)O)CCCCC1)c1ccccn1. The van der Waals surface area contributed by atoms with Crippen LogP contribution in [0.2, 0.25) is 0 Å². The number of aliphatic imine (C=N–C) groups is 1. The standard InChI is InChI=1S/C16H22N2O2/c1-13(14-7-3-6-10-17-14)18-12-16(11-15(19)20)8-4-2-5-9-16/h3,6-7,10H,2,4-5,8-9,11-12H2,1H3,(H,19,20). The fourth-order valence-corrected chi connectivity index (χ4v) is 2.96. The molecule has 0 radical (unpaired) electrons. The molecule has 108 valence electrons. The summed E-state index contributed by atoms with van der Waals surface area (Å²) in [7, 11) is 0. The molecule has 0 aromatic carbocycles. The van der Waals surface area contributed by atoms with Crippen molar-refractivity contribution in [2.45, 2.75) is 45.4 Å². The van der Waals surface area contributed by atoms with E-state index in [-0.39, 0.29) is 11.8 Å². The molecule has 0 amide bonds. The molecular weight excluding hydrogens is 252 g/mol. The van der Waals surface area contributed by atoms with Crippen molar-refractivity contribution in [2.75, 3.05) is 6.54 Å². The van der Waals surface area contributed by atoms with E-state index in [0.29, 0.717) is 6.54 Å². The molecular formula is C16H22N2O2. The molecule has 0 spiro atoms. The number of rotatable bonds is 5. The number of nitrogens with zero attached hydrogens (tertiary/aromatic N) is 2. The number of carboxylic acid groups (broad SMARTS) is 1. The van der Waals surface area contributed by atoms with E-state index in [9.17, 15) is 4.79 Å². The third kappa shape index (κ3) is 3.89. The fraction of sp³-hybridized carbons (Fsp3) is 0.562. The van der Waals surface area contributed by atoms with Crippen LogP contribution in [-0.2, 0) is 4.79 Å². The number of carbonyl (C=O) groups is 1. The molecule has 1 aliphatic rings. The smallest absolute Gasteiger partial charge is 0.303 e. The van der Waals surface area contributed by atoms with Gasteiger partial charge in [-0.1, -0.05) is 25.3 Å². The Morgan fingerprint density at radius 1 is 1.35 bits per heavy atom. The first-order chi connectivity index (χ1) is 9.61. The zero-order valence-electron chi connectivity index (χ0n) is 12.0. The maximum atomic E-state index is 11.1. The van der Waals surface area contributed by atoms with E-state index in [1.807, 2.05) is 25.1 Å². The predicted molar refractivity (Wildman–Crippen MR) is 79.1 cm³/mol. The van der Waals surface area contributed by atoms with Crippen LogP contribution < -0.4 is 0 Å². The van der Waals surface area contributed by atoms with Gasteiger partial charge in [0, 0.05) is 18.2 Å². The van der Waals surface area contributed by atoms with Gasteiger partial charge in [-0.2, -0.15) is 0 Å². The maximum Gasteiger partial charge on any atom is 0.303 e. The highest BCUT2D eigenvalue weighted by molar-refractivity contribution is 5.96. The summed E-state index contributed by atoms with van der Waals surface area (Å²) in [6, 6.07) is 5.75. The van der Waals surface area contributed by atoms with Gasteiger partial charge in [-0.15, -0.1) is 0 Å². The van der Waals surface area contributed by atoms with Crippen LogP contribution in [-0.4, -0.2) is 28.3 Å². The maximum absolute atomic E-state index is 11.1. The highest BCUT2D eigenvalue weighted by atomic mass is 16.4. The highest BCUT2D eigenvalue weighted by Gasteiger charge is 2.34. The van der Waals surface area contributed by atoms with Crippen molar-refractivity contribution >= 4 is 11.7 Å². The van der Waals surface area contributed by atoms with Crippen LogP contribution >= 0.6 is 0 Å². The van der Waals surface area contributed by atoms with Gasteiger partial charge < -0.3 is 5.11 Å². The van der Waals surface area contributed by atoms with Crippen LogP contribution in [0, 0.1) is 5.41 Å². The van der Waals surface area contributed by atoms with Gasteiger partial charge in [0.15, 0.2) is 0 Å². The summed E-state index contributed by atoms with van der Waals surface area (Å²) in [5, 5.41) is 9.15. The van der Waals surface area contributed by atoms with E-state index in [1.165, 1.54) is 6.42 Å². The lowest BCUT2D eigenvalue weighted by Crippen LogP contribution is -2.30. The van der Waals surface area contributed by atoms with Crippen molar-refractivity contribution in [3.63, 3.8) is 0 Å². The molecule has 0 saturated heterocycles. The molecule has 0 aliphatic heterocycles. The summed E-state index contributed by atoms with van der Waals surface area (Å²) < 4.78 is 0. The Balaban J connectivity index is 2.10. The number of aliphatic carboxylic acids is 1. The van der Waals surface area contributed by atoms with Crippen molar-refractivity contribution in [3.8, 4) is 0 Å².